The Morgan fingerprint density at radius 2 is 2.18 bits per heavy atom. The second kappa shape index (κ2) is 8.03. The summed E-state index contributed by atoms with van der Waals surface area (Å²) in [4.78, 5) is 31.3. The van der Waals surface area contributed by atoms with Gasteiger partial charge in [0.25, 0.3) is 0 Å². The Balaban J connectivity index is 1.37. The molecule has 0 radical (unpaired) electrons. The molecule has 2 aromatic rings. The van der Waals surface area contributed by atoms with Gasteiger partial charge in [-0.15, -0.1) is 11.3 Å². The number of hydrogen-bond donors (Lipinski definition) is 0. The van der Waals surface area contributed by atoms with Crippen molar-refractivity contribution in [3.05, 3.63) is 34.9 Å². The number of thiazole rings is 1. The van der Waals surface area contributed by atoms with Crippen molar-refractivity contribution in [2.24, 2.45) is 11.8 Å². The second-order valence-corrected chi connectivity index (χ2v) is 9.02. The van der Waals surface area contributed by atoms with Gasteiger partial charge in [-0.05, 0) is 50.7 Å². The third-order valence-electron chi connectivity index (χ3n) is 5.89. The first-order chi connectivity index (χ1) is 13.5. The summed E-state index contributed by atoms with van der Waals surface area (Å²) in [5.41, 5.74) is 2.34. The summed E-state index contributed by atoms with van der Waals surface area (Å²) >= 11 is 1.61. The molecule has 0 saturated carbocycles. The van der Waals surface area contributed by atoms with Gasteiger partial charge < -0.3 is 4.74 Å². The van der Waals surface area contributed by atoms with Crippen molar-refractivity contribution >= 4 is 33.4 Å². The number of fused-ring (bicyclic) bond motifs is 1. The number of amides is 2. The largest absolute Gasteiger partial charge is 0.497 e. The molecular formula is C22H26N2O3S. The average Bonchev–Trinajstić information content (AvgIpc) is 3.21. The van der Waals surface area contributed by atoms with Crippen LogP contribution >= 0.6 is 11.3 Å². The molecule has 0 spiro atoms. The molecule has 1 aromatic carbocycles. The molecule has 148 valence electrons. The predicted octanol–water partition coefficient (Wildman–Crippen LogP) is 4.36. The first-order valence-corrected chi connectivity index (χ1v) is 10.8. The van der Waals surface area contributed by atoms with Gasteiger partial charge in [-0.25, -0.2) is 4.98 Å². The van der Waals surface area contributed by atoms with E-state index in [1.807, 2.05) is 18.2 Å². The third kappa shape index (κ3) is 3.97. The number of benzene rings is 1. The highest BCUT2D eigenvalue weighted by Crippen LogP contribution is 2.33. The van der Waals surface area contributed by atoms with Crippen molar-refractivity contribution in [2.75, 3.05) is 13.7 Å². The monoisotopic (exact) mass is 398 g/mol. The lowest BCUT2D eigenvalue weighted by Gasteiger charge is -2.22. The Hall–Kier alpha value is -2.21. The summed E-state index contributed by atoms with van der Waals surface area (Å²) in [6.07, 6.45) is 7.40. The third-order valence-corrected chi connectivity index (χ3v) is 6.99. The summed E-state index contributed by atoms with van der Waals surface area (Å²) in [5, 5.41) is 0.945. The van der Waals surface area contributed by atoms with Crippen molar-refractivity contribution in [3.63, 3.8) is 0 Å². The van der Waals surface area contributed by atoms with Gasteiger partial charge in [-0.1, -0.05) is 11.6 Å². The van der Waals surface area contributed by atoms with Crippen molar-refractivity contribution in [3.8, 4) is 5.75 Å². The Labute approximate surface area is 169 Å². The maximum atomic E-state index is 12.8. The smallest absolute Gasteiger partial charge is 0.232 e. The fraction of sp³-hybridized carbons (Fsp3) is 0.500. The molecular weight excluding hydrogens is 372 g/mol. The fourth-order valence-electron chi connectivity index (χ4n) is 4.20. The van der Waals surface area contributed by atoms with E-state index in [1.165, 1.54) is 10.5 Å². The van der Waals surface area contributed by atoms with Crippen molar-refractivity contribution in [2.45, 2.75) is 45.4 Å². The maximum Gasteiger partial charge on any atom is 0.232 e. The van der Waals surface area contributed by atoms with Gasteiger partial charge in [-0.2, -0.15) is 0 Å². The quantitative estimate of drug-likeness (QED) is 0.536. The number of ether oxygens (including phenoxy) is 1. The van der Waals surface area contributed by atoms with E-state index < -0.39 is 0 Å². The zero-order chi connectivity index (χ0) is 19.7. The summed E-state index contributed by atoms with van der Waals surface area (Å²) in [6, 6.07) is 5.83. The minimum absolute atomic E-state index is 0.0130. The molecule has 2 heterocycles. The molecule has 5 nitrogen and oxygen atoms in total. The standard InChI is InChI=1S/C22H26N2O3S/c1-14-3-5-15(6-4-14)11-16-12-21(25)24(22(16)26)10-9-20-23-18-13-17(27-2)7-8-19(18)28-20/h3,7-8,13,15-16H,4-6,9-12H2,1-2H3. The van der Waals surface area contributed by atoms with E-state index in [9.17, 15) is 9.59 Å². The molecule has 6 heteroatoms. The number of likely N-dealkylation sites (tertiary alicyclic amines) is 1. The number of rotatable bonds is 6. The summed E-state index contributed by atoms with van der Waals surface area (Å²) in [6.45, 7) is 2.59. The van der Waals surface area contributed by atoms with E-state index in [0.717, 1.165) is 46.7 Å². The van der Waals surface area contributed by atoms with Gasteiger partial charge in [0, 0.05) is 31.4 Å². The number of carbonyl (C=O) groups is 2. The van der Waals surface area contributed by atoms with Gasteiger partial charge >= 0.3 is 0 Å². The molecule has 1 aliphatic carbocycles. The van der Waals surface area contributed by atoms with Gasteiger partial charge in [0.05, 0.1) is 22.3 Å². The van der Waals surface area contributed by atoms with Crippen molar-refractivity contribution in [1.29, 1.82) is 0 Å². The van der Waals surface area contributed by atoms with Crippen LogP contribution in [0.4, 0.5) is 0 Å². The van der Waals surface area contributed by atoms with E-state index in [0.29, 0.717) is 25.3 Å². The van der Waals surface area contributed by atoms with Crippen LogP contribution in [0.15, 0.2) is 29.8 Å². The normalized spacial score (nSPS) is 22.8. The molecule has 1 aromatic heterocycles. The highest BCUT2D eigenvalue weighted by molar-refractivity contribution is 7.18. The molecule has 2 unspecified atom stereocenters. The van der Waals surface area contributed by atoms with Crippen LogP contribution in [0.3, 0.4) is 0 Å². The van der Waals surface area contributed by atoms with Crippen LogP contribution in [0.25, 0.3) is 10.2 Å². The number of imide groups is 1. The van der Waals surface area contributed by atoms with E-state index in [-0.39, 0.29) is 17.7 Å². The van der Waals surface area contributed by atoms with E-state index in [4.69, 9.17) is 4.74 Å². The van der Waals surface area contributed by atoms with Crippen LogP contribution in [-0.2, 0) is 16.0 Å². The lowest BCUT2D eigenvalue weighted by atomic mass is 9.83. The molecule has 1 aliphatic heterocycles. The van der Waals surface area contributed by atoms with Gasteiger partial charge in [0.15, 0.2) is 0 Å². The van der Waals surface area contributed by atoms with Crippen LogP contribution in [0.5, 0.6) is 5.75 Å². The predicted molar refractivity (Wildman–Crippen MR) is 110 cm³/mol. The minimum Gasteiger partial charge on any atom is -0.497 e. The van der Waals surface area contributed by atoms with Gasteiger partial charge in [-0.3, -0.25) is 14.5 Å². The number of allylic oxidation sites excluding steroid dienone is 2. The number of methoxy groups -OCH3 is 1. The Morgan fingerprint density at radius 3 is 2.93 bits per heavy atom. The summed E-state index contributed by atoms with van der Waals surface area (Å²) in [7, 11) is 1.64. The first-order valence-electron chi connectivity index (χ1n) is 9.97. The topological polar surface area (TPSA) is 59.5 Å². The van der Waals surface area contributed by atoms with Crippen LogP contribution in [0, 0.1) is 11.8 Å². The summed E-state index contributed by atoms with van der Waals surface area (Å²) in [5.74, 6) is 1.16. The molecule has 2 aliphatic rings. The molecule has 0 bridgehead atoms. The average molecular weight is 399 g/mol. The lowest BCUT2D eigenvalue weighted by molar-refractivity contribution is -0.139. The lowest BCUT2D eigenvalue weighted by Crippen LogP contribution is -2.33. The summed E-state index contributed by atoms with van der Waals surface area (Å²) < 4.78 is 6.34. The SMILES string of the molecule is COc1ccc2sc(CCN3C(=O)CC(CC4CC=C(C)CC4)C3=O)nc2c1. The van der Waals surface area contributed by atoms with E-state index in [1.54, 1.807) is 18.4 Å². The highest BCUT2D eigenvalue weighted by atomic mass is 32.1. The number of nitrogens with zero attached hydrogens (tertiary/aromatic N) is 2. The fourth-order valence-corrected chi connectivity index (χ4v) is 5.14. The van der Waals surface area contributed by atoms with Crippen molar-refractivity contribution in [1.82, 2.24) is 9.88 Å². The van der Waals surface area contributed by atoms with Crippen LogP contribution in [0.2, 0.25) is 0 Å². The first kappa shape index (κ1) is 19.1. The Bertz CT molecular complexity index is 933. The molecule has 2 amide bonds. The number of carbonyl (C=O) groups excluding carboxylic acids is 2. The molecule has 2 atom stereocenters. The molecule has 4 rings (SSSR count). The van der Waals surface area contributed by atoms with Crippen LogP contribution in [-0.4, -0.2) is 35.4 Å². The molecule has 28 heavy (non-hydrogen) atoms. The van der Waals surface area contributed by atoms with Crippen LogP contribution in [0.1, 0.15) is 44.0 Å². The highest BCUT2D eigenvalue weighted by Gasteiger charge is 2.39. The van der Waals surface area contributed by atoms with Crippen LogP contribution < -0.4 is 4.74 Å². The number of aromatic nitrogens is 1. The minimum atomic E-state index is -0.135. The van der Waals surface area contributed by atoms with Gasteiger partial charge in [0.2, 0.25) is 11.8 Å². The van der Waals surface area contributed by atoms with Crippen molar-refractivity contribution < 1.29 is 14.3 Å². The van der Waals surface area contributed by atoms with E-state index >= 15 is 0 Å². The van der Waals surface area contributed by atoms with E-state index in [2.05, 4.69) is 18.0 Å². The number of hydrogen-bond acceptors (Lipinski definition) is 5. The molecule has 1 fully saturated rings. The zero-order valence-corrected chi connectivity index (χ0v) is 17.3. The second-order valence-electron chi connectivity index (χ2n) is 7.90. The Morgan fingerprint density at radius 1 is 1.32 bits per heavy atom. The maximum absolute atomic E-state index is 12.8. The molecule has 0 N–H and O–H groups in total. The zero-order valence-electron chi connectivity index (χ0n) is 16.4. The Kier molecular flexibility index (Phi) is 5.49. The molecule has 1 saturated heterocycles. The van der Waals surface area contributed by atoms with Gasteiger partial charge in [0.1, 0.15) is 5.75 Å².